The molecule has 0 unspecified atom stereocenters. The molecule has 3 rings (SSSR count). The molecule has 3 aromatic rings. The van der Waals surface area contributed by atoms with Crippen molar-refractivity contribution in [3.8, 4) is 11.8 Å². The monoisotopic (exact) mass is 400 g/mol. The molecule has 27 heavy (non-hydrogen) atoms. The van der Waals surface area contributed by atoms with Gasteiger partial charge in [0.05, 0.1) is 24.5 Å². The lowest BCUT2D eigenvalue weighted by Gasteiger charge is -2.11. The first-order chi connectivity index (χ1) is 13.1. The summed E-state index contributed by atoms with van der Waals surface area (Å²) in [6.07, 6.45) is 0. The number of nitrogens with zero attached hydrogens (tertiary/aromatic N) is 5. The van der Waals surface area contributed by atoms with Crippen molar-refractivity contribution in [3.63, 3.8) is 0 Å². The van der Waals surface area contributed by atoms with Gasteiger partial charge < -0.3 is 10.1 Å². The molecule has 0 aliphatic rings. The molecule has 1 atom stereocenters. The van der Waals surface area contributed by atoms with Gasteiger partial charge in [0, 0.05) is 0 Å². The smallest absolute Gasteiger partial charge is 0.238 e. The summed E-state index contributed by atoms with van der Waals surface area (Å²) in [5.41, 5.74) is 1.47. The number of ether oxygens (including phenoxy) is 1. The highest BCUT2D eigenvalue weighted by Gasteiger charge is 2.20. The van der Waals surface area contributed by atoms with E-state index in [0.29, 0.717) is 22.3 Å². The molecule has 0 fully saturated rings. The number of tetrazole rings is 1. The third-order valence-electron chi connectivity index (χ3n) is 3.66. The predicted octanol–water partition coefficient (Wildman–Crippen LogP) is 2.78. The lowest BCUT2D eigenvalue weighted by atomic mass is 10.2. The number of benzene rings is 1. The molecule has 1 amide bonds. The lowest BCUT2D eigenvalue weighted by Crippen LogP contribution is -2.23. The van der Waals surface area contributed by atoms with Crippen molar-refractivity contribution in [1.29, 1.82) is 5.26 Å². The maximum atomic E-state index is 12.4. The first-order valence-corrected chi connectivity index (χ1v) is 9.71. The molecule has 2 heterocycles. The molecule has 0 saturated carbocycles. The van der Waals surface area contributed by atoms with Crippen molar-refractivity contribution in [2.45, 2.75) is 23.9 Å². The maximum absolute atomic E-state index is 12.4. The number of aromatic nitrogens is 4. The molecular weight excluding hydrogens is 384 g/mol. The van der Waals surface area contributed by atoms with E-state index >= 15 is 0 Å². The minimum absolute atomic E-state index is 0.210. The van der Waals surface area contributed by atoms with Gasteiger partial charge in [-0.25, -0.2) is 4.68 Å². The topological polar surface area (TPSA) is 106 Å². The molecule has 1 aromatic carbocycles. The van der Waals surface area contributed by atoms with Crippen LogP contribution in [-0.2, 0) is 11.3 Å². The third kappa shape index (κ3) is 4.64. The van der Waals surface area contributed by atoms with E-state index in [1.165, 1.54) is 23.1 Å². The second-order valence-electron chi connectivity index (χ2n) is 5.49. The van der Waals surface area contributed by atoms with Gasteiger partial charge in [-0.15, -0.1) is 16.4 Å². The number of amides is 1. The fraction of sp³-hybridized carbons (Fsp3) is 0.235. The summed E-state index contributed by atoms with van der Waals surface area (Å²) >= 11 is 2.58. The Hall–Kier alpha value is -2.90. The quantitative estimate of drug-likeness (QED) is 0.608. The van der Waals surface area contributed by atoms with Gasteiger partial charge in [0.1, 0.15) is 16.8 Å². The van der Waals surface area contributed by atoms with Crippen molar-refractivity contribution < 1.29 is 9.53 Å². The Bertz CT molecular complexity index is 960. The Morgan fingerprint density at radius 2 is 2.19 bits per heavy atom. The number of methoxy groups -OCH3 is 1. The lowest BCUT2D eigenvalue weighted by molar-refractivity contribution is -0.115. The normalized spacial score (nSPS) is 11.6. The van der Waals surface area contributed by atoms with Crippen molar-refractivity contribution in [3.05, 3.63) is 46.8 Å². The van der Waals surface area contributed by atoms with Crippen LogP contribution < -0.4 is 10.1 Å². The van der Waals surface area contributed by atoms with Gasteiger partial charge in [0.2, 0.25) is 11.1 Å². The standard InChI is InChI=1S/C17H16N6O2S2/c1-11(15(24)19-16-13(9-18)7-8-26-16)27-17-20-21-22-23(17)10-12-3-5-14(25-2)6-4-12/h3-8,11H,10H2,1-2H3,(H,19,24)/t11-/m1/s1. The van der Waals surface area contributed by atoms with Crippen LogP contribution in [0, 0.1) is 11.3 Å². The Morgan fingerprint density at radius 1 is 1.41 bits per heavy atom. The highest BCUT2D eigenvalue weighted by molar-refractivity contribution is 8.00. The molecule has 1 N–H and O–H groups in total. The number of hydrogen-bond acceptors (Lipinski definition) is 8. The molecule has 8 nitrogen and oxygen atoms in total. The first-order valence-electron chi connectivity index (χ1n) is 7.95. The van der Waals surface area contributed by atoms with Gasteiger partial charge in [0.15, 0.2) is 0 Å². The highest BCUT2D eigenvalue weighted by Crippen LogP contribution is 2.26. The van der Waals surface area contributed by atoms with Crippen molar-refractivity contribution in [1.82, 2.24) is 20.2 Å². The minimum atomic E-state index is -0.431. The number of carbonyl (C=O) groups is 1. The van der Waals surface area contributed by atoms with Crippen LogP contribution in [0.4, 0.5) is 5.00 Å². The van der Waals surface area contributed by atoms with Crippen LogP contribution in [-0.4, -0.2) is 38.5 Å². The van der Waals surface area contributed by atoms with Crippen LogP contribution in [0.3, 0.4) is 0 Å². The number of rotatable bonds is 7. The van der Waals surface area contributed by atoms with Crippen LogP contribution in [0.5, 0.6) is 5.75 Å². The van der Waals surface area contributed by atoms with E-state index in [0.717, 1.165) is 11.3 Å². The second-order valence-corrected chi connectivity index (χ2v) is 7.72. The molecule has 10 heteroatoms. The Kier molecular flexibility index (Phi) is 6.05. The van der Waals surface area contributed by atoms with Gasteiger partial charge in [-0.3, -0.25) is 4.79 Å². The van der Waals surface area contributed by atoms with Crippen LogP contribution in [0.15, 0.2) is 40.9 Å². The number of nitrogens with one attached hydrogen (secondary N) is 1. The van der Waals surface area contributed by atoms with E-state index in [1.54, 1.807) is 30.2 Å². The third-order valence-corrected chi connectivity index (χ3v) is 5.56. The number of thiophene rings is 1. The Balaban J connectivity index is 1.64. The van der Waals surface area contributed by atoms with Crippen LogP contribution >= 0.6 is 23.1 Å². The summed E-state index contributed by atoms with van der Waals surface area (Å²) in [5.74, 6) is 0.568. The van der Waals surface area contributed by atoms with Crippen LogP contribution in [0.2, 0.25) is 0 Å². The summed E-state index contributed by atoms with van der Waals surface area (Å²) < 4.78 is 6.79. The van der Waals surface area contributed by atoms with Gasteiger partial charge in [-0.2, -0.15) is 5.26 Å². The van der Waals surface area contributed by atoms with E-state index < -0.39 is 5.25 Å². The van der Waals surface area contributed by atoms with Gasteiger partial charge in [-0.1, -0.05) is 23.9 Å². The molecular formula is C17H16N6O2S2. The van der Waals surface area contributed by atoms with Gasteiger partial charge in [0.25, 0.3) is 0 Å². The van der Waals surface area contributed by atoms with Gasteiger partial charge >= 0.3 is 0 Å². The zero-order valence-corrected chi connectivity index (χ0v) is 16.3. The summed E-state index contributed by atoms with van der Waals surface area (Å²) in [6, 6.07) is 11.3. The van der Waals surface area contributed by atoms with E-state index in [9.17, 15) is 4.79 Å². The second kappa shape index (κ2) is 8.66. The number of hydrogen-bond donors (Lipinski definition) is 1. The Morgan fingerprint density at radius 3 is 2.89 bits per heavy atom. The molecule has 0 spiro atoms. The van der Waals surface area contributed by atoms with Crippen molar-refractivity contribution in [2.75, 3.05) is 12.4 Å². The van der Waals surface area contributed by atoms with E-state index in [4.69, 9.17) is 10.00 Å². The SMILES string of the molecule is COc1ccc(Cn2nnnc2S[C@H](C)C(=O)Nc2sccc2C#N)cc1. The van der Waals surface area contributed by atoms with Crippen LogP contribution in [0.1, 0.15) is 18.1 Å². The summed E-state index contributed by atoms with van der Waals surface area (Å²) in [6.45, 7) is 2.25. The molecule has 0 saturated heterocycles. The minimum Gasteiger partial charge on any atom is -0.497 e. The van der Waals surface area contributed by atoms with E-state index in [1.807, 2.05) is 24.3 Å². The number of anilines is 1. The van der Waals surface area contributed by atoms with Crippen molar-refractivity contribution >= 4 is 34.0 Å². The summed E-state index contributed by atoms with van der Waals surface area (Å²) in [4.78, 5) is 12.4. The van der Waals surface area contributed by atoms with Crippen molar-refractivity contribution in [2.24, 2.45) is 0 Å². The van der Waals surface area contributed by atoms with Crippen LogP contribution in [0.25, 0.3) is 0 Å². The average Bonchev–Trinajstić information content (AvgIpc) is 3.31. The Labute approximate surface area is 164 Å². The predicted molar refractivity (Wildman–Crippen MR) is 103 cm³/mol. The molecule has 0 radical (unpaired) electrons. The molecule has 0 bridgehead atoms. The number of thioether (sulfide) groups is 1. The number of nitriles is 1. The number of carbonyl (C=O) groups excluding carboxylic acids is 1. The molecule has 0 aliphatic heterocycles. The maximum Gasteiger partial charge on any atom is 0.238 e. The molecule has 138 valence electrons. The molecule has 0 aliphatic carbocycles. The highest BCUT2D eigenvalue weighted by atomic mass is 32.2. The largest absolute Gasteiger partial charge is 0.497 e. The molecule has 2 aromatic heterocycles. The van der Waals surface area contributed by atoms with Gasteiger partial charge in [-0.05, 0) is 46.5 Å². The zero-order valence-electron chi connectivity index (χ0n) is 14.6. The fourth-order valence-corrected chi connectivity index (χ4v) is 3.73. The summed E-state index contributed by atoms with van der Waals surface area (Å²) in [7, 11) is 1.62. The fourth-order valence-electron chi connectivity index (χ4n) is 2.20. The van der Waals surface area contributed by atoms with E-state index in [-0.39, 0.29) is 5.91 Å². The average molecular weight is 400 g/mol. The summed E-state index contributed by atoms with van der Waals surface area (Å²) in [5, 5.41) is 26.0. The first kappa shape index (κ1) is 18.9. The zero-order chi connectivity index (χ0) is 19.2. The van der Waals surface area contributed by atoms with E-state index in [2.05, 4.69) is 26.9 Å².